The summed E-state index contributed by atoms with van der Waals surface area (Å²) >= 11 is 5.91. The number of pyridine rings is 1. The van der Waals surface area contributed by atoms with Gasteiger partial charge in [0, 0.05) is 41.3 Å². The second-order valence-corrected chi connectivity index (χ2v) is 5.59. The highest BCUT2D eigenvalue weighted by atomic mass is 35.5. The summed E-state index contributed by atoms with van der Waals surface area (Å²) in [4.78, 5) is 17.3. The number of hydrogen-bond donors (Lipinski definition) is 1. The molecule has 0 aliphatic rings. The van der Waals surface area contributed by atoms with Gasteiger partial charge in [-0.1, -0.05) is 29.8 Å². The van der Waals surface area contributed by atoms with Crippen LogP contribution in [0.5, 0.6) is 0 Å². The molecule has 1 aromatic heterocycles. The molecule has 0 aliphatic heterocycles. The van der Waals surface area contributed by atoms with Gasteiger partial charge in [-0.3, -0.25) is 4.79 Å². The molecule has 0 unspecified atom stereocenters. The van der Waals surface area contributed by atoms with E-state index in [1.54, 1.807) is 0 Å². The lowest BCUT2D eigenvalue weighted by Gasteiger charge is -2.15. The van der Waals surface area contributed by atoms with Crippen LogP contribution in [0, 0.1) is 0 Å². The normalized spacial score (nSPS) is 10.8. The van der Waals surface area contributed by atoms with Crippen LogP contribution in [0.3, 0.4) is 0 Å². The number of nitrogens with one attached hydrogen (secondary N) is 1. The Morgan fingerprint density at radius 3 is 2.38 bits per heavy atom. The van der Waals surface area contributed by atoms with Crippen LogP contribution in [0.2, 0.25) is 5.02 Å². The standard InChI is InChI=1S/C17H15ClN2O/c1-20(2)16-5-3-4-13-14(16)10-15(19-17(13)21)11-6-8-12(18)9-7-11/h3-10H,1-2H3,(H,19,21). The number of hydrogen-bond acceptors (Lipinski definition) is 2. The number of H-pyrrole nitrogens is 1. The fraction of sp³-hybridized carbons (Fsp3) is 0.118. The average Bonchev–Trinajstić information content (AvgIpc) is 2.47. The molecule has 0 atom stereocenters. The van der Waals surface area contributed by atoms with Gasteiger partial charge in [-0.05, 0) is 35.9 Å². The highest BCUT2D eigenvalue weighted by Gasteiger charge is 2.08. The fourth-order valence-corrected chi connectivity index (χ4v) is 2.57. The Balaban J connectivity index is 2.29. The van der Waals surface area contributed by atoms with Crippen LogP contribution < -0.4 is 10.5 Å². The van der Waals surface area contributed by atoms with E-state index >= 15 is 0 Å². The largest absolute Gasteiger partial charge is 0.377 e. The molecule has 3 nitrogen and oxygen atoms in total. The SMILES string of the molecule is CN(C)c1cccc2c(=O)[nH]c(-c3ccc(Cl)cc3)cc12. The Kier molecular flexibility index (Phi) is 3.43. The molecular weight excluding hydrogens is 284 g/mol. The van der Waals surface area contributed by atoms with E-state index in [-0.39, 0.29) is 5.56 Å². The first-order valence-electron chi connectivity index (χ1n) is 6.65. The molecule has 3 rings (SSSR count). The zero-order valence-corrected chi connectivity index (χ0v) is 12.6. The first kappa shape index (κ1) is 13.7. The van der Waals surface area contributed by atoms with Crippen LogP contribution in [0.1, 0.15) is 0 Å². The van der Waals surface area contributed by atoms with Crippen molar-refractivity contribution in [1.29, 1.82) is 0 Å². The van der Waals surface area contributed by atoms with Gasteiger partial charge in [-0.25, -0.2) is 0 Å². The lowest BCUT2D eigenvalue weighted by atomic mass is 10.1. The molecule has 1 N–H and O–H groups in total. The number of fused-ring (bicyclic) bond motifs is 1. The summed E-state index contributed by atoms with van der Waals surface area (Å²) in [5, 5.41) is 2.31. The lowest BCUT2D eigenvalue weighted by molar-refractivity contribution is 1.14. The van der Waals surface area contributed by atoms with Crippen LogP contribution in [0.25, 0.3) is 22.0 Å². The van der Waals surface area contributed by atoms with Crippen molar-refractivity contribution in [1.82, 2.24) is 4.98 Å². The van der Waals surface area contributed by atoms with Gasteiger partial charge in [0.1, 0.15) is 0 Å². The first-order chi connectivity index (χ1) is 10.1. The second kappa shape index (κ2) is 5.26. The van der Waals surface area contributed by atoms with Crippen LogP contribution in [0.4, 0.5) is 5.69 Å². The van der Waals surface area contributed by atoms with Crippen LogP contribution in [-0.2, 0) is 0 Å². The summed E-state index contributed by atoms with van der Waals surface area (Å²) in [5.74, 6) is 0. The molecule has 0 saturated carbocycles. The summed E-state index contributed by atoms with van der Waals surface area (Å²) in [7, 11) is 3.94. The van der Waals surface area contributed by atoms with E-state index in [0.717, 1.165) is 22.3 Å². The molecule has 0 aliphatic carbocycles. The molecule has 1 heterocycles. The third-order valence-corrected chi connectivity index (χ3v) is 3.75. The number of aromatic amines is 1. The highest BCUT2D eigenvalue weighted by Crippen LogP contribution is 2.27. The van der Waals surface area contributed by atoms with Gasteiger partial charge in [-0.15, -0.1) is 0 Å². The van der Waals surface area contributed by atoms with Crippen molar-refractivity contribution in [3.05, 3.63) is 63.9 Å². The molecule has 106 valence electrons. The number of halogens is 1. The molecule has 2 aromatic carbocycles. The van der Waals surface area contributed by atoms with Crippen molar-refractivity contribution in [2.24, 2.45) is 0 Å². The molecule has 4 heteroatoms. The smallest absolute Gasteiger partial charge is 0.256 e. The second-order valence-electron chi connectivity index (χ2n) is 5.15. The third-order valence-electron chi connectivity index (χ3n) is 3.50. The Labute approximate surface area is 127 Å². The summed E-state index contributed by atoms with van der Waals surface area (Å²) in [6.07, 6.45) is 0. The van der Waals surface area contributed by atoms with Crippen molar-refractivity contribution in [3.8, 4) is 11.3 Å². The summed E-state index contributed by atoms with van der Waals surface area (Å²) in [5.41, 5.74) is 2.67. The maximum atomic E-state index is 12.3. The molecule has 0 fully saturated rings. The van der Waals surface area contributed by atoms with Gasteiger partial charge in [0.2, 0.25) is 0 Å². The van der Waals surface area contributed by atoms with Gasteiger partial charge in [0.05, 0.1) is 0 Å². The number of anilines is 1. The lowest BCUT2D eigenvalue weighted by Crippen LogP contribution is -2.12. The van der Waals surface area contributed by atoms with Crippen molar-refractivity contribution in [2.45, 2.75) is 0 Å². The van der Waals surface area contributed by atoms with E-state index in [4.69, 9.17) is 11.6 Å². The van der Waals surface area contributed by atoms with Gasteiger partial charge in [0.15, 0.2) is 0 Å². The maximum Gasteiger partial charge on any atom is 0.256 e. The predicted octanol–water partition coefficient (Wildman–Crippen LogP) is 3.91. The average molecular weight is 299 g/mol. The predicted molar refractivity (Wildman–Crippen MR) is 89.3 cm³/mol. The van der Waals surface area contributed by atoms with Gasteiger partial charge >= 0.3 is 0 Å². The van der Waals surface area contributed by atoms with Gasteiger partial charge in [-0.2, -0.15) is 0 Å². The Bertz CT molecular complexity index is 851. The number of benzene rings is 2. The minimum absolute atomic E-state index is 0.0823. The molecule has 0 spiro atoms. The monoisotopic (exact) mass is 298 g/mol. The minimum atomic E-state index is -0.0823. The number of rotatable bonds is 2. The van der Waals surface area contributed by atoms with Gasteiger partial charge < -0.3 is 9.88 Å². The summed E-state index contributed by atoms with van der Waals surface area (Å²) in [6.45, 7) is 0. The maximum absolute atomic E-state index is 12.3. The summed E-state index contributed by atoms with van der Waals surface area (Å²) in [6, 6.07) is 15.2. The first-order valence-corrected chi connectivity index (χ1v) is 7.03. The quantitative estimate of drug-likeness (QED) is 0.778. The van der Waals surface area contributed by atoms with Crippen LogP contribution in [-0.4, -0.2) is 19.1 Å². The molecule has 0 bridgehead atoms. The highest BCUT2D eigenvalue weighted by molar-refractivity contribution is 6.30. The Hall–Kier alpha value is -2.26. The van der Waals surface area contributed by atoms with E-state index in [1.165, 1.54) is 0 Å². The Morgan fingerprint density at radius 2 is 1.71 bits per heavy atom. The molecule has 0 radical (unpaired) electrons. The number of nitrogens with zero attached hydrogens (tertiary/aromatic N) is 1. The molecule has 3 aromatic rings. The topological polar surface area (TPSA) is 36.1 Å². The van der Waals surface area contributed by atoms with Gasteiger partial charge in [0.25, 0.3) is 5.56 Å². The zero-order chi connectivity index (χ0) is 15.0. The third kappa shape index (κ3) is 2.52. The van der Waals surface area contributed by atoms with E-state index < -0.39 is 0 Å². The van der Waals surface area contributed by atoms with Crippen molar-refractivity contribution in [2.75, 3.05) is 19.0 Å². The van der Waals surface area contributed by atoms with Crippen molar-refractivity contribution < 1.29 is 0 Å². The molecule has 0 saturated heterocycles. The summed E-state index contributed by atoms with van der Waals surface area (Å²) < 4.78 is 0. The molecular formula is C17H15ClN2O. The van der Waals surface area contributed by atoms with E-state index in [2.05, 4.69) is 4.98 Å². The minimum Gasteiger partial charge on any atom is -0.377 e. The number of aromatic nitrogens is 1. The van der Waals surface area contributed by atoms with E-state index in [0.29, 0.717) is 10.4 Å². The Morgan fingerprint density at radius 1 is 1.00 bits per heavy atom. The van der Waals surface area contributed by atoms with E-state index in [1.807, 2.05) is 67.5 Å². The van der Waals surface area contributed by atoms with Crippen LogP contribution in [0.15, 0.2) is 53.3 Å². The van der Waals surface area contributed by atoms with E-state index in [9.17, 15) is 4.79 Å². The van der Waals surface area contributed by atoms with Crippen molar-refractivity contribution in [3.63, 3.8) is 0 Å². The molecule has 21 heavy (non-hydrogen) atoms. The zero-order valence-electron chi connectivity index (χ0n) is 11.9. The molecule has 0 amide bonds. The van der Waals surface area contributed by atoms with Crippen LogP contribution >= 0.6 is 11.6 Å². The fourth-order valence-electron chi connectivity index (χ4n) is 2.45. The van der Waals surface area contributed by atoms with Crippen molar-refractivity contribution >= 4 is 28.1 Å².